The van der Waals surface area contributed by atoms with Gasteiger partial charge in [0, 0.05) is 30.2 Å². The van der Waals surface area contributed by atoms with Gasteiger partial charge in [-0.05, 0) is 48.9 Å². The van der Waals surface area contributed by atoms with Crippen LogP contribution in [0.2, 0.25) is 5.02 Å². The highest BCUT2D eigenvalue weighted by molar-refractivity contribution is 6.34. The molecule has 0 aliphatic rings. The van der Waals surface area contributed by atoms with Crippen molar-refractivity contribution in [1.82, 2.24) is 4.98 Å². The van der Waals surface area contributed by atoms with Gasteiger partial charge in [0.2, 0.25) is 0 Å². The molecule has 9 heteroatoms. The van der Waals surface area contributed by atoms with Crippen molar-refractivity contribution >= 4 is 34.9 Å². The van der Waals surface area contributed by atoms with Crippen molar-refractivity contribution in [3.8, 4) is 0 Å². The maximum absolute atomic E-state index is 13.3. The molecule has 0 unspecified atom stereocenters. The largest absolute Gasteiger partial charge is 0.462 e. The van der Waals surface area contributed by atoms with Crippen LogP contribution in [0.5, 0.6) is 0 Å². The zero-order valence-corrected chi connectivity index (χ0v) is 17.3. The zero-order chi connectivity index (χ0) is 22.4. The minimum absolute atomic E-state index is 0.0291. The van der Waals surface area contributed by atoms with E-state index in [-0.39, 0.29) is 29.4 Å². The fraction of sp³-hybridized carbons (Fsp3) is 0.136. The van der Waals surface area contributed by atoms with Gasteiger partial charge >= 0.3 is 5.97 Å². The van der Waals surface area contributed by atoms with E-state index >= 15 is 0 Å². The van der Waals surface area contributed by atoms with Gasteiger partial charge in [0.15, 0.2) is 0 Å². The Bertz CT molecular complexity index is 1100. The number of rotatable bonds is 7. The van der Waals surface area contributed by atoms with Crippen LogP contribution in [0.4, 0.5) is 11.4 Å². The third-order valence-corrected chi connectivity index (χ3v) is 4.71. The molecule has 0 saturated heterocycles. The number of nitrogens with zero attached hydrogens (tertiary/aromatic N) is 3. The molecule has 0 bridgehead atoms. The number of carbonyl (C=O) groups is 2. The van der Waals surface area contributed by atoms with Gasteiger partial charge in [0.1, 0.15) is 0 Å². The molecule has 0 atom stereocenters. The molecule has 8 nitrogen and oxygen atoms in total. The predicted molar refractivity (Wildman–Crippen MR) is 115 cm³/mol. The van der Waals surface area contributed by atoms with Crippen LogP contribution in [0.15, 0.2) is 67.0 Å². The Morgan fingerprint density at radius 3 is 2.48 bits per heavy atom. The number of pyridine rings is 1. The number of anilines is 1. The molecule has 0 aliphatic heterocycles. The summed E-state index contributed by atoms with van der Waals surface area (Å²) in [6.45, 7) is 2.15. The molecular weight excluding hydrogens is 422 g/mol. The number of ether oxygens (including phenoxy) is 1. The van der Waals surface area contributed by atoms with Crippen LogP contribution in [-0.4, -0.2) is 28.4 Å². The number of nitro groups is 1. The SMILES string of the molecule is CCOC(=O)c1ccc(N(Cc2cccnc2)C(=O)c2ccc([N+](=O)[O-])cc2Cl)cc1. The minimum atomic E-state index is -0.582. The lowest BCUT2D eigenvalue weighted by atomic mass is 10.1. The number of nitro benzene ring substituents is 1. The molecule has 31 heavy (non-hydrogen) atoms. The Balaban J connectivity index is 1.97. The van der Waals surface area contributed by atoms with Crippen molar-refractivity contribution in [2.24, 2.45) is 0 Å². The number of hydrogen-bond donors (Lipinski definition) is 0. The first-order valence-corrected chi connectivity index (χ1v) is 9.70. The quantitative estimate of drug-likeness (QED) is 0.301. The number of halogens is 1. The van der Waals surface area contributed by atoms with Crippen molar-refractivity contribution in [2.45, 2.75) is 13.5 Å². The van der Waals surface area contributed by atoms with Crippen LogP contribution in [0, 0.1) is 10.1 Å². The van der Waals surface area contributed by atoms with Crippen molar-refractivity contribution in [3.63, 3.8) is 0 Å². The maximum Gasteiger partial charge on any atom is 0.338 e. The van der Waals surface area contributed by atoms with E-state index in [4.69, 9.17) is 16.3 Å². The van der Waals surface area contributed by atoms with Gasteiger partial charge in [0.25, 0.3) is 11.6 Å². The fourth-order valence-electron chi connectivity index (χ4n) is 2.88. The van der Waals surface area contributed by atoms with Crippen molar-refractivity contribution in [2.75, 3.05) is 11.5 Å². The Morgan fingerprint density at radius 1 is 1.16 bits per heavy atom. The number of non-ortho nitro benzene ring substituents is 1. The van der Waals surface area contributed by atoms with Crippen LogP contribution in [0.3, 0.4) is 0 Å². The number of benzene rings is 2. The van der Waals surface area contributed by atoms with E-state index in [1.807, 2.05) is 6.07 Å². The van der Waals surface area contributed by atoms with E-state index in [9.17, 15) is 19.7 Å². The summed E-state index contributed by atoms with van der Waals surface area (Å²) in [6, 6.07) is 13.6. The lowest BCUT2D eigenvalue weighted by Gasteiger charge is -2.23. The summed E-state index contributed by atoms with van der Waals surface area (Å²) in [5.74, 6) is -0.912. The smallest absolute Gasteiger partial charge is 0.338 e. The average molecular weight is 440 g/mol. The van der Waals surface area contributed by atoms with Crippen LogP contribution >= 0.6 is 11.6 Å². The van der Waals surface area contributed by atoms with E-state index in [2.05, 4.69) is 4.98 Å². The second-order valence-corrected chi connectivity index (χ2v) is 6.85. The molecule has 3 rings (SSSR count). The molecule has 0 radical (unpaired) electrons. The third kappa shape index (κ3) is 5.23. The second-order valence-electron chi connectivity index (χ2n) is 6.44. The van der Waals surface area contributed by atoms with Crippen LogP contribution in [0.1, 0.15) is 33.2 Å². The highest BCUT2D eigenvalue weighted by atomic mass is 35.5. The topological polar surface area (TPSA) is 103 Å². The number of amides is 1. The third-order valence-electron chi connectivity index (χ3n) is 4.39. The van der Waals surface area contributed by atoms with Crippen LogP contribution < -0.4 is 4.90 Å². The van der Waals surface area contributed by atoms with Gasteiger partial charge in [0.05, 0.1) is 34.2 Å². The zero-order valence-electron chi connectivity index (χ0n) is 16.5. The van der Waals surface area contributed by atoms with Gasteiger partial charge in [-0.15, -0.1) is 0 Å². The molecule has 0 aliphatic carbocycles. The number of carbonyl (C=O) groups excluding carboxylic acids is 2. The molecule has 0 N–H and O–H groups in total. The normalized spacial score (nSPS) is 10.4. The standard InChI is InChI=1S/C22H18ClN3O5/c1-2-31-22(28)16-5-7-17(8-6-16)25(14-15-4-3-11-24-13-15)21(27)19-10-9-18(26(29)30)12-20(19)23/h3-13H,2,14H2,1H3. The second kappa shape index (κ2) is 9.82. The molecule has 3 aromatic rings. The lowest BCUT2D eigenvalue weighted by Crippen LogP contribution is -2.30. The Labute approximate surface area is 183 Å². The predicted octanol–water partition coefficient (Wildman–Crippen LogP) is 4.67. The number of esters is 1. The van der Waals surface area contributed by atoms with Gasteiger partial charge in [-0.3, -0.25) is 19.9 Å². The molecule has 1 heterocycles. The highest BCUT2D eigenvalue weighted by Gasteiger charge is 2.23. The minimum Gasteiger partial charge on any atom is -0.462 e. The maximum atomic E-state index is 13.3. The molecule has 158 valence electrons. The highest BCUT2D eigenvalue weighted by Crippen LogP contribution is 2.27. The summed E-state index contributed by atoms with van der Waals surface area (Å²) in [6.07, 6.45) is 3.25. The van der Waals surface area contributed by atoms with Crippen LogP contribution in [-0.2, 0) is 11.3 Å². The lowest BCUT2D eigenvalue weighted by molar-refractivity contribution is -0.384. The van der Waals surface area contributed by atoms with Gasteiger partial charge in [-0.25, -0.2) is 4.79 Å². The summed E-state index contributed by atoms with van der Waals surface area (Å²) in [5.41, 5.74) is 1.54. The summed E-state index contributed by atoms with van der Waals surface area (Å²) in [5, 5.41) is 10.9. The molecule has 0 saturated carbocycles. The van der Waals surface area contributed by atoms with E-state index < -0.39 is 16.8 Å². The first kappa shape index (κ1) is 21.9. The molecule has 1 amide bonds. The molecule has 1 aromatic heterocycles. The summed E-state index contributed by atoms with van der Waals surface area (Å²) in [4.78, 5) is 41.2. The number of hydrogen-bond acceptors (Lipinski definition) is 6. The molecular formula is C22H18ClN3O5. The van der Waals surface area contributed by atoms with E-state index in [1.54, 1.807) is 49.6 Å². The Morgan fingerprint density at radius 2 is 1.90 bits per heavy atom. The first-order valence-electron chi connectivity index (χ1n) is 9.32. The summed E-state index contributed by atoms with van der Waals surface area (Å²) >= 11 is 6.18. The Kier molecular flexibility index (Phi) is 6.94. The number of aromatic nitrogens is 1. The van der Waals surface area contributed by atoms with E-state index in [0.717, 1.165) is 11.6 Å². The molecule has 0 fully saturated rings. The van der Waals surface area contributed by atoms with Crippen molar-refractivity contribution in [1.29, 1.82) is 0 Å². The first-order chi connectivity index (χ1) is 14.9. The van der Waals surface area contributed by atoms with E-state index in [1.165, 1.54) is 17.0 Å². The monoisotopic (exact) mass is 439 g/mol. The van der Waals surface area contributed by atoms with E-state index in [0.29, 0.717) is 11.3 Å². The van der Waals surface area contributed by atoms with Gasteiger partial charge in [-0.1, -0.05) is 17.7 Å². The molecule has 0 spiro atoms. The Hall–Kier alpha value is -3.78. The summed E-state index contributed by atoms with van der Waals surface area (Å²) < 4.78 is 4.99. The van der Waals surface area contributed by atoms with Gasteiger partial charge < -0.3 is 9.64 Å². The average Bonchev–Trinajstić information content (AvgIpc) is 2.78. The van der Waals surface area contributed by atoms with Crippen LogP contribution in [0.25, 0.3) is 0 Å². The van der Waals surface area contributed by atoms with Crippen molar-refractivity contribution < 1.29 is 19.2 Å². The summed E-state index contributed by atoms with van der Waals surface area (Å²) in [7, 11) is 0. The fourth-order valence-corrected chi connectivity index (χ4v) is 3.14. The van der Waals surface area contributed by atoms with Crippen molar-refractivity contribution in [3.05, 3.63) is 98.8 Å². The van der Waals surface area contributed by atoms with Gasteiger partial charge in [-0.2, -0.15) is 0 Å². The molecule has 2 aromatic carbocycles.